The number of benzene rings is 1. The Hall–Kier alpha value is -2.24. The van der Waals surface area contributed by atoms with Gasteiger partial charge < -0.3 is 20.7 Å². The van der Waals surface area contributed by atoms with E-state index in [0.717, 1.165) is 5.75 Å². The van der Waals surface area contributed by atoms with E-state index in [1.54, 1.807) is 36.3 Å². The lowest BCUT2D eigenvalue weighted by Crippen LogP contribution is -2.40. The van der Waals surface area contributed by atoms with Gasteiger partial charge in [0.05, 0.1) is 12.9 Å². The number of amides is 2. The van der Waals surface area contributed by atoms with Crippen LogP contribution < -0.4 is 15.8 Å². The van der Waals surface area contributed by atoms with E-state index in [0.29, 0.717) is 18.8 Å². The van der Waals surface area contributed by atoms with Crippen molar-refractivity contribution in [3.8, 4) is 5.75 Å². The molecule has 0 heterocycles. The Bertz CT molecular complexity index is 459. The highest BCUT2D eigenvalue weighted by Crippen LogP contribution is 2.15. The fourth-order valence-electron chi connectivity index (χ4n) is 1.66. The minimum atomic E-state index is -0.203. The van der Waals surface area contributed by atoms with Gasteiger partial charge in [-0.05, 0) is 31.2 Å². The van der Waals surface area contributed by atoms with Gasteiger partial charge in [-0.3, -0.25) is 5.41 Å². The molecule has 1 unspecified atom stereocenters. The number of ether oxygens (including phenoxy) is 1. The maximum Gasteiger partial charge on any atom is 0.321 e. The highest BCUT2D eigenvalue weighted by molar-refractivity contribution is 5.90. The van der Waals surface area contributed by atoms with Gasteiger partial charge in [-0.2, -0.15) is 0 Å². The summed E-state index contributed by atoms with van der Waals surface area (Å²) in [4.78, 5) is 13.7. The zero-order valence-corrected chi connectivity index (χ0v) is 12.1. The standard InChI is InChI=1S/C14H22N4O2/c1-4-18(9-10(2)13(15)16)14(19)17-11-5-7-12(20-3)8-6-11/h5-8,10H,4,9H2,1-3H3,(H3,15,16)(H,17,19). The maximum atomic E-state index is 12.1. The summed E-state index contributed by atoms with van der Waals surface area (Å²) in [5.74, 6) is 0.665. The number of methoxy groups -OCH3 is 1. The van der Waals surface area contributed by atoms with E-state index < -0.39 is 0 Å². The number of carbonyl (C=O) groups is 1. The second-order valence-electron chi connectivity index (χ2n) is 4.55. The summed E-state index contributed by atoms with van der Waals surface area (Å²) in [6.45, 7) is 4.69. The van der Waals surface area contributed by atoms with Crippen molar-refractivity contribution in [3.63, 3.8) is 0 Å². The van der Waals surface area contributed by atoms with Gasteiger partial charge in [-0.25, -0.2) is 4.79 Å². The van der Waals surface area contributed by atoms with Gasteiger partial charge in [-0.15, -0.1) is 0 Å². The lowest BCUT2D eigenvalue weighted by molar-refractivity contribution is 0.211. The van der Waals surface area contributed by atoms with Gasteiger partial charge in [0.1, 0.15) is 5.75 Å². The van der Waals surface area contributed by atoms with Crippen LogP contribution in [0.25, 0.3) is 0 Å². The van der Waals surface area contributed by atoms with Gasteiger partial charge in [0.25, 0.3) is 0 Å². The third-order valence-corrected chi connectivity index (χ3v) is 3.04. The molecule has 6 heteroatoms. The topological polar surface area (TPSA) is 91.4 Å². The molecule has 0 radical (unpaired) electrons. The third kappa shape index (κ3) is 4.46. The first-order chi connectivity index (χ1) is 9.47. The first kappa shape index (κ1) is 15.8. The van der Waals surface area contributed by atoms with Crippen molar-refractivity contribution in [2.75, 3.05) is 25.5 Å². The van der Waals surface area contributed by atoms with Crippen molar-refractivity contribution in [2.24, 2.45) is 11.7 Å². The molecule has 0 aliphatic rings. The first-order valence-corrected chi connectivity index (χ1v) is 6.51. The van der Waals surface area contributed by atoms with Crippen molar-refractivity contribution >= 4 is 17.6 Å². The van der Waals surface area contributed by atoms with E-state index in [9.17, 15) is 4.79 Å². The lowest BCUT2D eigenvalue weighted by Gasteiger charge is -2.24. The summed E-state index contributed by atoms with van der Waals surface area (Å²) in [5, 5.41) is 10.2. The molecule has 0 saturated carbocycles. The lowest BCUT2D eigenvalue weighted by atomic mass is 10.1. The molecule has 0 bridgehead atoms. The summed E-state index contributed by atoms with van der Waals surface area (Å²) >= 11 is 0. The Morgan fingerprint density at radius 3 is 2.50 bits per heavy atom. The van der Waals surface area contributed by atoms with Crippen LogP contribution in [0.15, 0.2) is 24.3 Å². The second-order valence-corrected chi connectivity index (χ2v) is 4.55. The summed E-state index contributed by atoms with van der Waals surface area (Å²) < 4.78 is 5.06. The zero-order chi connectivity index (χ0) is 15.1. The predicted octanol–water partition coefficient (Wildman–Crippen LogP) is 2.12. The molecule has 20 heavy (non-hydrogen) atoms. The van der Waals surface area contributed by atoms with Crippen LogP contribution in [0.2, 0.25) is 0 Å². The highest BCUT2D eigenvalue weighted by atomic mass is 16.5. The fraction of sp³-hybridized carbons (Fsp3) is 0.429. The molecule has 2 amide bonds. The number of hydrogen-bond donors (Lipinski definition) is 3. The van der Waals surface area contributed by atoms with Crippen molar-refractivity contribution in [1.82, 2.24) is 4.90 Å². The summed E-state index contributed by atoms with van der Waals surface area (Å²) in [5.41, 5.74) is 6.13. The Balaban J connectivity index is 2.64. The van der Waals surface area contributed by atoms with E-state index in [1.807, 2.05) is 13.8 Å². The maximum absolute atomic E-state index is 12.1. The summed E-state index contributed by atoms with van der Waals surface area (Å²) in [6, 6.07) is 6.91. The molecule has 0 saturated heterocycles. The number of nitrogens with one attached hydrogen (secondary N) is 2. The normalized spacial score (nSPS) is 11.6. The average molecular weight is 278 g/mol. The van der Waals surface area contributed by atoms with Crippen LogP contribution in [0.4, 0.5) is 10.5 Å². The highest BCUT2D eigenvalue weighted by Gasteiger charge is 2.16. The van der Waals surface area contributed by atoms with E-state index in [4.69, 9.17) is 15.9 Å². The minimum Gasteiger partial charge on any atom is -0.497 e. The van der Waals surface area contributed by atoms with Crippen LogP contribution in [-0.2, 0) is 0 Å². The second kappa shape index (κ2) is 7.37. The molecule has 0 aromatic heterocycles. The number of hydrogen-bond acceptors (Lipinski definition) is 3. The van der Waals surface area contributed by atoms with E-state index in [1.165, 1.54) is 0 Å². The molecule has 6 nitrogen and oxygen atoms in total. The van der Waals surface area contributed by atoms with E-state index in [2.05, 4.69) is 5.32 Å². The molecule has 1 atom stereocenters. The smallest absolute Gasteiger partial charge is 0.321 e. The number of nitrogens with zero attached hydrogens (tertiary/aromatic N) is 1. The summed E-state index contributed by atoms with van der Waals surface area (Å²) in [6.07, 6.45) is 0. The Kier molecular flexibility index (Phi) is 5.83. The van der Waals surface area contributed by atoms with Crippen molar-refractivity contribution in [1.29, 1.82) is 5.41 Å². The molecule has 110 valence electrons. The molecular weight excluding hydrogens is 256 g/mol. The van der Waals surface area contributed by atoms with Gasteiger partial charge in [-0.1, -0.05) is 6.92 Å². The minimum absolute atomic E-state index is 0.0840. The Morgan fingerprint density at radius 1 is 1.45 bits per heavy atom. The number of rotatable bonds is 6. The number of anilines is 1. The van der Waals surface area contributed by atoms with Gasteiger partial charge >= 0.3 is 6.03 Å². The van der Waals surface area contributed by atoms with Crippen LogP contribution in [0, 0.1) is 11.3 Å². The number of nitrogens with two attached hydrogens (primary N) is 1. The predicted molar refractivity (Wildman–Crippen MR) is 80.3 cm³/mol. The van der Waals surface area contributed by atoms with E-state index >= 15 is 0 Å². The van der Waals surface area contributed by atoms with Crippen LogP contribution >= 0.6 is 0 Å². The van der Waals surface area contributed by atoms with Gasteiger partial charge in [0.15, 0.2) is 0 Å². The number of urea groups is 1. The van der Waals surface area contributed by atoms with E-state index in [-0.39, 0.29) is 17.8 Å². The van der Waals surface area contributed by atoms with Crippen LogP contribution in [0.3, 0.4) is 0 Å². The number of carbonyl (C=O) groups excluding carboxylic acids is 1. The molecule has 0 fully saturated rings. The SMILES string of the molecule is CCN(CC(C)C(=N)N)C(=O)Nc1ccc(OC)cc1. The monoisotopic (exact) mass is 278 g/mol. The Morgan fingerprint density at radius 2 is 2.05 bits per heavy atom. The molecule has 1 aromatic carbocycles. The zero-order valence-electron chi connectivity index (χ0n) is 12.1. The first-order valence-electron chi connectivity index (χ1n) is 6.51. The average Bonchev–Trinajstić information content (AvgIpc) is 2.44. The van der Waals surface area contributed by atoms with Crippen LogP contribution in [-0.4, -0.2) is 37.0 Å². The largest absolute Gasteiger partial charge is 0.497 e. The van der Waals surface area contributed by atoms with Crippen molar-refractivity contribution < 1.29 is 9.53 Å². The number of amidine groups is 1. The fourth-order valence-corrected chi connectivity index (χ4v) is 1.66. The third-order valence-electron chi connectivity index (χ3n) is 3.04. The van der Waals surface area contributed by atoms with Crippen LogP contribution in [0.5, 0.6) is 5.75 Å². The molecule has 0 aliphatic carbocycles. The molecule has 0 aliphatic heterocycles. The van der Waals surface area contributed by atoms with Gasteiger partial charge in [0.2, 0.25) is 0 Å². The summed E-state index contributed by atoms with van der Waals surface area (Å²) in [7, 11) is 1.59. The molecule has 0 spiro atoms. The van der Waals surface area contributed by atoms with Crippen molar-refractivity contribution in [2.45, 2.75) is 13.8 Å². The quantitative estimate of drug-likeness (QED) is 0.550. The molecule has 1 aromatic rings. The van der Waals surface area contributed by atoms with Crippen molar-refractivity contribution in [3.05, 3.63) is 24.3 Å². The van der Waals surface area contributed by atoms with Gasteiger partial charge in [0, 0.05) is 24.7 Å². The van der Waals surface area contributed by atoms with Crippen LogP contribution in [0.1, 0.15) is 13.8 Å². The molecule has 4 N–H and O–H groups in total. The molecular formula is C14H22N4O2. The molecule has 1 rings (SSSR count). The Labute approximate surface area is 119 Å².